The zero-order valence-electron chi connectivity index (χ0n) is 10.2. The van der Waals surface area contributed by atoms with E-state index in [0.717, 1.165) is 0 Å². The third kappa shape index (κ3) is 1.61. The van der Waals surface area contributed by atoms with Crippen molar-refractivity contribution < 1.29 is 9.59 Å². The molecule has 2 aromatic rings. The molecule has 0 N–H and O–H groups in total. The number of amides is 2. The van der Waals surface area contributed by atoms with Crippen LogP contribution in [0.4, 0.5) is 5.82 Å². The van der Waals surface area contributed by atoms with Gasteiger partial charge in [0.15, 0.2) is 0 Å². The van der Waals surface area contributed by atoms with E-state index in [4.69, 9.17) is 0 Å². The smallest absolute Gasteiger partial charge is 0.267 e. The van der Waals surface area contributed by atoms with Crippen LogP contribution in [0.15, 0.2) is 55.3 Å². The number of benzene rings is 1. The van der Waals surface area contributed by atoms with Gasteiger partial charge >= 0.3 is 0 Å². The van der Waals surface area contributed by atoms with Crippen LogP contribution in [0.1, 0.15) is 20.7 Å². The molecule has 1 aliphatic rings. The van der Waals surface area contributed by atoms with Gasteiger partial charge in [0.25, 0.3) is 11.8 Å². The number of hydrogen-bond donors (Lipinski definition) is 0. The predicted molar refractivity (Wildman–Crippen MR) is 72.2 cm³/mol. The Morgan fingerprint density at radius 2 is 1.63 bits per heavy atom. The van der Waals surface area contributed by atoms with Gasteiger partial charge in [-0.2, -0.15) is 0 Å². The number of anilines is 1. The molecule has 0 saturated heterocycles. The highest BCUT2D eigenvalue weighted by atomic mass is 16.2. The van der Waals surface area contributed by atoms with Gasteiger partial charge in [-0.05, 0) is 24.3 Å². The van der Waals surface area contributed by atoms with E-state index < -0.39 is 0 Å². The maximum Gasteiger partial charge on any atom is 0.267 e. The molecule has 0 spiro atoms. The van der Waals surface area contributed by atoms with E-state index in [1.54, 1.807) is 36.4 Å². The molecule has 0 fully saturated rings. The summed E-state index contributed by atoms with van der Waals surface area (Å²) in [5, 5.41) is 0. The number of allylic oxidation sites excluding steroid dienone is 1. The molecule has 19 heavy (non-hydrogen) atoms. The highest BCUT2D eigenvalue weighted by molar-refractivity contribution is 6.34. The molecule has 4 heteroatoms. The Morgan fingerprint density at radius 3 is 2.21 bits per heavy atom. The molecular formula is C15H12N2O2. The summed E-state index contributed by atoms with van der Waals surface area (Å²) in [6.07, 6.45) is 3.54. The number of carbonyl (C=O) groups is 2. The van der Waals surface area contributed by atoms with Gasteiger partial charge in [0.1, 0.15) is 5.82 Å². The Morgan fingerprint density at radius 1 is 1.00 bits per heavy atom. The van der Waals surface area contributed by atoms with Crippen LogP contribution in [0.2, 0.25) is 0 Å². The average molecular weight is 252 g/mol. The summed E-state index contributed by atoms with van der Waals surface area (Å²) in [5.74, 6) is 0.0281. The minimum Gasteiger partial charge on any atom is -0.330 e. The van der Waals surface area contributed by atoms with Crippen molar-refractivity contribution in [1.29, 1.82) is 0 Å². The summed E-state index contributed by atoms with van der Waals surface area (Å²) in [6, 6.07) is 10.4. The van der Waals surface area contributed by atoms with E-state index in [1.165, 1.54) is 4.90 Å². The summed E-state index contributed by atoms with van der Waals surface area (Å²) in [7, 11) is 0. The predicted octanol–water partition coefficient (Wildman–Crippen LogP) is 2.47. The fourth-order valence-corrected chi connectivity index (χ4v) is 2.30. The van der Waals surface area contributed by atoms with Crippen LogP contribution in [0, 0.1) is 0 Å². The van der Waals surface area contributed by atoms with E-state index in [-0.39, 0.29) is 11.8 Å². The van der Waals surface area contributed by atoms with Gasteiger partial charge in [0.2, 0.25) is 0 Å². The number of imide groups is 1. The second-order valence-electron chi connectivity index (χ2n) is 4.30. The van der Waals surface area contributed by atoms with Crippen molar-refractivity contribution in [1.82, 2.24) is 4.57 Å². The normalized spacial score (nSPS) is 13.8. The zero-order valence-corrected chi connectivity index (χ0v) is 10.2. The van der Waals surface area contributed by atoms with Gasteiger partial charge < -0.3 is 4.57 Å². The van der Waals surface area contributed by atoms with Gasteiger partial charge in [0.05, 0.1) is 11.1 Å². The number of fused-ring (bicyclic) bond motifs is 1. The Bertz CT molecular complexity index is 650. The lowest BCUT2D eigenvalue weighted by molar-refractivity contribution is 0.0924. The molecule has 2 heterocycles. The number of aromatic nitrogens is 1. The van der Waals surface area contributed by atoms with E-state index in [1.807, 2.05) is 16.8 Å². The maximum absolute atomic E-state index is 12.3. The monoisotopic (exact) mass is 252 g/mol. The lowest BCUT2D eigenvalue weighted by atomic mass is 10.1. The van der Waals surface area contributed by atoms with Crippen LogP contribution in [0.3, 0.4) is 0 Å². The van der Waals surface area contributed by atoms with E-state index in [9.17, 15) is 9.59 Å². The van der Waals surface area contributed by atoms with Crippen LogP contribution >= 0.6 is 0 Å². The second-order valence-corrected chi connectivity index (χ2v) is 4.30. The Labute approximate surface area is 110 Å². The highest BCUT2D eigenvalue weighted by Gasteiger charge is 2.37. The molecule has 94 valence electrons. The molecule has 1 aromatic carbocycles. The zero-order chi connectivity index (χ0) is 13.4. The summed E-state index contributed by atoms with van der Waals surface area (Å²) in [5.41, 5.74) is 0.915. The summed E-state index contributed by atoms with van der Waals surface area (Å²) in [6.45, 7) is 4.22. The first-order valence-electron chi connectivity index (χ1n) is 5.98. The van der Waals surface area contributed by atoms with Crippen molar-refractivity contribution in [3.8, 4) is 0 Å². The molecule has 3 rings (SSSR count). The third-order valence-electron chi connectivity index (χ3n) is 3.15. The minimum absolute atomic E-state index is 0.274. The van der Waals surface area contributed by atoms with Crippen LogP contribution in [-0.4, -0.2) is 16.4 Å². The molecule has 0 aliphatic carbocycles. The fourth-order valence-electron chi connectivity index (χ4n) is 2.30. The summed E-state index contributed by atoms with van der Waals surface area (Å²) < 4.78 is 1.81. The molecule has 0 bridgehead atoms. The highest BCUT2D eigenvalue weighted by Crippen LogP contribution is 2.28. The second kappa shape index (κ2) is 4.24. The molecule has 0 unspecified atom stereocenters. The van der Waals surface area contributed by atoms with Crippen molar-refractivity contribution in [2.24, 2.45) is 0 Å². The van der Waals surface area contributed by atoms with Gasteiger partial charge in [-0.1, -0.05) is 18.2 Å². The molecule has 0 atom stereocenters. The van der Waals surface area contributed by atoms with Crippen LogP contribution in [0.25, 0.3) is 0 Å². The van der Waals surface area contributed by atoms with E-state index in [2.05, 4.69) is 6.58 Å². The topological polar surface area (TPSA) is 42.3 Å². The van der Waals surface area contributed by atoms with Gasteiger partial charge in [0, 0.05) is 12.7 Å². The quantitative estimate of drug-likeness (QED) is 0.622. The molecule has 1 aliphatic heterocycles. The average Bonchev–Trinajstić information content (AvgIpc) is 2.96. The van der Waals surface area contributed by atoms with Gasteiger partial charge in [-0.25, -0.2) is 4.90 Å². The molecular weight excluding hydrogens is 240 g/mol. The molecule has 0 saturated carbocycles. The first-order valence-corrected chi connectivity index (χ1v) is 5.98. The largest absolute Gasteiger partial charge is 0.330 e. The number of carbonyl (C=O) groups excluding carboxylic acids is 2. The van der Waals surface area contributed by atoms with E-state index >= 15 is 0 Å². The van der Waals surface area contributed by atoms with Gasteiger partial charge in [-0.3, -0.25) is 9.59 Å². The SMILES string of the molecule is C=CCn1cccc1N1C(=O)c2ccccc2C1=O. The molecule has 4 nitrogen and oxygen atoms in total. The third-order valence-corrected chi connectivity index (χ3v) is 3.15. The van der Waals surface area contributed by atoms with Crippen LogP contribution < -0.4 is 4.90 Å². The lowest BCUT2D eigenvalue weighted by Crippen LogP contribution is -2.31. The van der Waals surface area contributed by atoms with Crippen molar-refractivity contribution in [3.05, 3.63) is 66.4 Å². The Balaban J connectivity index is 2.09. The first-order chi connectivity index (χ1) is 9.24. The Kier molecular flexibility index (Phi) is 2.56. The molecule has 2 amide bonds. The summed E-state index contributed by atoms with van der Waals surface area (Å²) in [4.78, 5) is 25.9. The first kappa shape index (κ1) is 11.5. The van der Waals surface area contributed by atoms with Gasteiger partial charge in [-0.15, -0.1) is 6.58 Å². The van der Waals surface area contributed by atoms with Crippen LogP contribution in [0.5, 0.6) is 0 Å². The molecule has 1 aromatic heterocycles. The molecule has 0 radical (unpaired) electrons. The fraction of sp³-hybridized carbons (Fsp3) is 0.0667. The summed E-state index contributed by atoms with van der Waals surface area (Å²) >= 11 is 0. The number of hydrogen-bond acceptors (Lipinski definition) is 2. The van der Waals surface area contributed by atoms with Crippen molar-refractivity contribution in [2.45, 2.75) is 6.54 Å². The standard InChI is InChI=1S/C15H12N2O2/c1-2-9-16-10-5-8-13(16)17-14(18)11-6-3-4-7-12(11)15(17)19/h2-8,10H,1,9H2. The maximum atomic E-state index is 12.3. The van der Waals surface area contributed by atoms with Crippen LogP contribution in [-0.2, 0) is 6.54 Å². The number of nitrogens with zero attached hydrogens (tertiary/aromatic N) is 2. The Hall–Kier alpha value is -2.62. The number of rotatable bonds is 3. The van der Waals surface area contributed by atoms with Crippen molar-refractivity contribution >= 4 is 17.6 Å². The minimum atomic E-state index is -0.274. The van der Waals surface area contributed by atoms with Crippen molar-refractivity contribution in [2.75, 3.05) is 4.90 Å². The lowest BCUT2D eigenvalue weighted by Gasteiger charge is -2.16. The van der Waals surface area contributed by atoms with E-state index in [0.29, 0.717) is 23.5 Å². The van der Waals surface area contributed by atoms with Crippen molar-refractivity contribution in [3.63, 3.8) is 0 Å².